The second kappa shape index (κ2) is 7.56. The lowest BCUT2D eigenvalue weighted by molar-refractivity contribution is -0.0230. The smallest absolute Gasteiger partial charge is 0.0947 e. The molecule has 0 bridgehead atoms. The van der Waals surface area contributed by atoms with Crippen LogP contribution in [0.4, 0.5) is 0 Å². The van der Waals surface area contributed by atoms with Crippen LogP contribution >= 0.6 is 0 Å². The molecular formula is C14H23NO3. The van der Waals surface area contributed by atoms with E-state index in [0.717, 1.165) is 24.9 Å². The van der Waals surface area contributed by atoms with Crippen LogP contribution in [0.2, 0.25) is 0 Å². The van der Waals surface area contributed by atoms with E-state index in [9.17, 15) is 5.11 Å². The van der Waals surface area contributed by atoms with Crippen molar-refractivity contribution in [3.05, 3.63) is 24.2 Å². The molecule has 1 atom stereocenters. The van der Waals surface area contributed by atoms with Crippen LogP contribution in [0.25, 0.3) is 0 Å². The lowest BCUT2D eigenvalue weighted by Gasteiger charge is -2.23. The highest BCUT2D eigenvalue weighted by Gasteiger charge is 2.15. The molecule has 4 nitrogen and oxygen atoms in total. The fourth-order valence-electron chi connectivity index (χ4n) is 2.31. The lowest BCUT2D eigenvalue weighted by atomic mass is 9.98. The summed E-state index contributed by atoms with van der Waals surface area (Å²) < 4.78 is 10.7. The minimum absolute atomic E-state index is 0.363. The number of rotatable bonds is 7. The third kappa shape index (κ3) is 4.80. The molecule has 1 aromatic rings. The molecule has 0 aromatic carbocycles. The molecule has 1 aromatic heterocycles. The summed E-state index contributed by atoms with van der Waals surface area (Å²) in [4.78, 5) is 0. The SMILES string of the molecule is OC(CNCc1ccoc1)COC1CCCCC1. The molecule has 102 valence electrons. The first-order chi connectivity index (χ1) is 8.84. The van der Waals surface area contributed by atoms with Gasteiger partial charge >= 0.3 is 0 Å². The largest absolute Gasteiger partial charge is 0.472 e. The van der Waals surface area contributed by atoms with Gasteiger partial charge in [0.2, 0.25) is 0 Å². The first-order valence-electron chi connectivity index (χ1n) is 6.86. The molecule has 0 spiro atoms. The molecule has 1 saturated carbocycles. The Bertz CT molecular complexity index is 307. The Morgan fingerprint density at radius 1 is 1.39 bits per heavy atom. The van der Waals surface area contributed by atoms with Crippen molar-refractivity contribution in [3.8, 4) is 0 Å². The van der Waals surface area contributed by atoms with Crippen LogP contribution < -0.4 is 5.32 Å². The van der Waals surface area contributed by atoms with E-state index in [4.69, 9.17) is 9.15 Å². The van der Waals surface area contributed by atoms with Crippen molar-refractivity contribution < 1.29 is 14.3 Å². The molecule has 1 heterocycles. The van der Waals surface area contributed by atoms with Gasteiger partial charge in [0.05, 0.1) is 31.3 Å². The monoisotopic (exact) mass is 253 g/mol. The molecule has 1 aliphatic carbocycles. The molecule has 0 aliphatic heterocycles. The van der Waals surface area contributed by atoms with E-state index in [1.165, 1.54) is 19.3 Å². The van der Waals surface area contributed by atoms with Gasteiger partial charge in [0.25, 0.3) is 0 Å². The minimum atomic E-state index is -0.432. The highest BCUT2D eigenvalue weighted by atomic mass is 16.5. The Morgan fingerprint density at radius 3 is 2.94 bits per heavy atom. The highest BCUT2D eigenvalue weighted by Crippen LogP contribution is 2.20. The number of aliphatic hydroxyl groups is 1. The van der Waals surface area contributed by atoms with Crippen LogP contribution in [0.15, 0.2) is 23.0 Å². The Kier molecular flexibility index (Phi) is 5.71. The first kappa shape index (κ1) is 13.6. The zero-order chi connectivity index (χ0) is 12.6. The first-order valence-corrected chi connectivity index (χ1v) is 6.86. The number of furan rings is 1. The van der Waals surface area contributed by atoms with Crippen LogP contribution in [-0.4, -0.2) is 30.5 Å². The molecule has 0 radical (unpaired) electrons. The van der Waals surface area contributed by atoms with Crippen molar-refractivity contribution in [2.75, 3.05) is 13.2 Å². The van der Waals surface area contributed by atoms with Crippen molar-refractivity contribution in [2.45, 2.75) is 50.9 Å². The molecule has 0 saturated heterocycles. The summed E-state index contributed by atoms with van der Waals surface area (Å²) >= 11 is 0. The molecule has 1 fully saturated rings. The topological polar surface area (TPSA) is 54.6 Å². The van der Waals surface area contributed by atoms with E-state index < -0.39 is 6.10 Å². The fraction of sp³-hybridized carbons (Fsp3) is 0.714. The quantitative estimate of drug-likeness (QED) is 0.781. The van der Waals surface area contributed by atoms with Gasteiger partial charge in [0, 0.05) is 18.7 Å². The van der Waals surface area contributed by atoms with Crippen molar-refractivity contribution in [1.29, 1.82) is 0 Å². The summed E-state index contributed by atoms with van der Waals surface area (Å²) in [5, 5.41) is 13.0. The maximum atomic E-state index is 9.80. The van der Waals surface area contributed by atoms with Gasteiger partial charge in [-0.3, -0.25) is 0 Å². The Balaban J connectivity index is 1.53. The molecule has 4 heteroatoms. The summed E-state index contributed by atoms with van der Waals surface area (Å²) in [7, 11) is 0. The third-order valence-electron chi connectivity index (χ3n) is 3.37. The van der Waals surface area contributed by atoms with Crippen LogP contribution in [0.3, 0.4) is 0 Å². The lowest BCUT2D eigenvalue weighted by Crippen LogP contribution is -2.32. The number of ether oxygens (including phenoxy) is 1. The maximum absolute atomic E-state index is 9.80. The fourth-order valence-corrected chi connectivity index (χ4v) is 2.31. The highest BCUT2D eigenvalue weighted by molar-refractivity contribution is 5.04. The summed E-state index contributed by atoms with van der Waals surface area (Å²) in [5.74, 6) is 0. The number of aliphatic hydroxyl groups excluding tert-OH is 1. The second-order valence-electron chi connectivity index (χ2n) is 5.01. The van der Waals surface area contributed by atoms with E-state index in [2.05, 4.69) is 5.32 Å². The van der Waals surface area contributed by atoms with Gasteiger partial charge in [0.1, 0.15) is 0 Å². The van der Waals surface area contributed by atoms with Gasteiger partial charge < -0.3 is 19.6 Å². The zero-order valence-corrected chi connectivity index (χ0v) is 10.8. The van der Waals surface area contributed by atoms with Gasteiger partial charge in [-0.15, -0.1) is 0 Å². The van der Waals surface area contributed by atoms with E-state index in [1.54, 1.807) is 12.5 Å². The normalized spacial score (nSPS) is 18.9. The molecule has 1 unspecified atom stereocenters. The van der Waals surface area contributed by atoms with E-state index in [-0.39, 0.29) is 0 Å². The molecule has 2 rings (SSSR count). The predicted molar refractivity (Wildman–Crippen MR) is 69.2 cm³/mol. The molecule has 1 aliphatic rings. The maximum Gasteiger partial charge on any atom is 0.0947 e. The van der Waals surface area contributed by atoms with Gasteiger partial charge in [-0.1, -0.05) is 19.3 Å². The third-order valence-corrected chi connectivity index (χ3v) is 3.37. The van der Waals surface area contributed by atoms with Crippen LogP contribution in [0, 0.1) is 0 Å². The van der Waals surface area contributed by atoms with Gasteiger partial charge in [0.15, 0.2) is 0 Å². The van der Waals surface area contributed by atoms with Crippen molar-refractivity contribution in [1.82, 2.24) is 5.32 Å². The predicted octanol–water partition coefficient (Wildman–Crippen LogP) is 2.08. The second-order valence-corrected chi connectivity index (χ2v) is 5.01. The van der Waals surface area contributed by atoms with Crippen molar-refractivity contribution in [2.24, 2.45) is 0 Å². The number of hydrogen-bond donors (Lipinski definition) is 2. The van der Waals surface area contributed by atoms with E-state index in [1.807, 2.05) is 6.07 Å². The van der Waals surface area contributed by atoms with E-state index >= 15 is 0 Å². The molecular weight excluding hydrogens is 230 g/mol. The van der Waals surface area contributed by atoms with E-state index in [0.29, 0.717) is 19.3 Å². The van der Waals surface area contributed by atoms with Gasteiger partial charge in [-0.25, -0.2) is 0 Å². The van der Waals surface area contributed by atoms with Gasteiger partial charge in [-0.2, -0.15) is 0 Å². The molecule has 0 amide bonds. The summed E-state index contributed by atoms with van der Waals surface area (Å²) in [6.45, 7) is 1.71. The summed E-state index contributed by atoms with van der Waals surface area (Å²) in [6.07, 6.45) is 9.44. The average molecular weight is 253 g/mol. The van der Waals surface area contributed by atoms with Crippen molar-refractivity contribution >= 4 is 0 Å². The van der Waals surface area contributed by atoms with Gasteiger partial charge in [-0.05, 0) is 18.9 Å². The van der Waals surface area contributed by atoms with Crippen LogP contribution in [-0.2, 0) is 11.3 Å². The Hall–Kier alpha value is -0.840. The Morgan fingerprint density at radius 2 is 2.22 bits per heavy atom. The molecule has 2 N–H and O–H groups in total. The zero-order valence-electron chi connectivity index (χ0n) is 10.8. The minimum Gasteiger partial charge on any atom is -0.472 e. The number of hydrogen-bond acceptors (Lipinski definition) is 4. The number of nitrogens with one attached hydrogen (secondary N) is 1. The van der Waals surface area contributed by atoms with Crippen LogP contribution in [0.5, 0.6) is 0 Å². The average Bonchev–Trinajstić information content (AvgIpc) is 2.91. The summed E-state index contributed by atoms with van der Waals surface area (Å²) in [5.41, 5.74) is 1.09. The van der Waals surface area contributed by atoms with Crippen molar-refractivity contribution in [3.63, 3.8) is 0 Å². The Labute approximate surface area is 108 Å². The van der Waals surface area contributed by atoms with Crippen LogP contribution in [0.1, 0.15) is 37.7 Å². The standard InChI is InChI=1S/C14H23NO3/c16-13(9-15-8-12-6-7-17-10-12)11-18-14-4-2-1-3-5-14/h6-7,10,13-16H,1-5,8-9,11H2. The summed E-state index contributed by atoms with van der Waals surface area (Å²) in [6, 6.07) is 1.91. The molecule has 18 heavy (non-hydrogen) atoms.